The first-order chi connectivity index (χ1) is 9.44. The molecule has 0 bridgehead atoms. The molecule has 5 heteroatoms. The van der Waals surface area contributed by atoms with Crippen LogP contribution in [-0.4, -0.2) is 0 Å². The van der Waals surface area contributed by atoms with Gasteiger partial charge in [0.25, 0.3) is 0 Å². The van der Waals surface area contributed by atoms with Crippen molar-refractivity contribution in [2.45, 2.75) is 12.5 Å². The number of benzene rings is 2. The van der Waals surface area contributed by atoms with Gasteiger partial charge in [-0.25, -0.2) is 0 Å². The molecule has 0 saturated carbocycles. The molecule has 0 saturated heterocycles. The molecule has 102 valence electrons. The molecule has 2 rings (SSSR count). The van der Waals surface area contributed by atoms with Gasteiger partial charge in [-0.05, 0) is 58.7 Å². The Hall–Kier alpha value is -1.21. The van der Waals surface area contributed by atoms with Crippen LogP contribution in [0.2, 0.25) is 10.0 Å². The van der Waals surface area contributed by atoms with Crippen LogP contribution in [0.25, 0.3) is 0 Å². The van der Waals surface area contributed by atoms with Gasteiger partial charge < -0.3 is 5.32 Å². The second kappa shape index (κ2) is 6.05. The smallest absolute Gasteiger partial charge is 0.148 e. The first-order valence-electron chi connectivity index (χ1n) is 5.85. The fourth-order valence-corrected chi connectivity index (χ4v) is 2.43. The first kappa shape index (κ1) is 15.2. The van der Waals surface area contributed by atoms with Gasteiger partial charge in [0.05, 0.1) is 11.1 Å². The maximum atomic E-state index is 9.51. The second-order valence-electron chi connectivity index (χ2n) is 4.50. The van der Waals surface area contributed by atoms with Crippen LogP contribution in [0.3, 0.4) is 0 Å². The van der Waals surface area contributed by atoms with Gasteiger partial charge in [0.15, 0.2) is 0 Å². The molecular formula is C15H11BrCl2N2. The minimum absolute atomic E-state index is 0.626. The number of nitriles is 1. The molecule has 2 nitrogen and oxygen atoms in total. The maximum absolute atomic E-state index is 9.51. The molecule has 1 N–H and O–H groups in total. The Bertz CT molecular complexity index is 665. The Labute approximate surface area is 136 Å². The van der Waals surface area contributed by atoms with Crippen LogP contribution in [-0.2, 0) is 5.54 Å². The fourth-order valence-electron chi connectivity index (χ4n) is 1.81. The quantitative estimate of drug-likeness (QED) is 0.763. The monoisotopic (exact) mass is 368 g/mol. The molecule has 0 amide bonds. The van der Waals surface area contributed by atoms with Gasteiger partial charge >= 0.3 is 0 Å². The third-order valence-electron chi connectivity index (χ3n) is 2.96. The zero-order chi connectivity index (χ0) is 14.8. The summed E-state index contributed by atoms with van der Waals surface area (Å²) in [6, 6.07) is 15.0. The van der Waals surface area contributed by atoms with E-state index < -0.39 is 5.54 Å². The fraction of sp³-hybridized carbons (Fsp3) is 0.133. The highest BCUT2D eigenvalue weighted by Gasteiger charge is 2.26. The van der Waals surface area contributed by atoms with E-state index in [1.807, 2.05) is 31.2 Å². The van der Waals surface area contributed by atoms with Crippen molar-refractivity contribution in [3.8, 4) is 6.07 Å². The molecular weight excluding hydrogens is 359 g/mol. The molecule has 0 radical (unpaired) electrons. The van der Waals surface area contributed by atoms with Gasteiger partial charge in [-0.15, -0.1) is 0 Å². The SMILES string of the molecule is CC(C#N)(Nc1ccc(Cl)c(Br)c1)c1ccc(Cl)cc1. The number of nitrogens with zero attached hydrogens (tertiary/aromatic N) is 1. The average molecular weight is 370 g/mol. The molecule has 1 unspecified atom stereocenters. The lowest BCUT2D eigenvalue weighted by Crippen LogP contribution is -2.29. The van der Waals surface area contributed by atoms with Crippen molar-refractivity contribution in [2.75, 3.05) is 5.32 Å². The predicted octanol–water partition coefficient (Wildman–Crippen LogP) is 5.61. The van der Waals surface area contributed by atoms with Crippen LogP contribution in [0.5, 0.6) is 0 Å². The molecule has 0 spiro atoms. The van der Waals surface area contributed by atoms with E-state index in [0.717, 1.165) is 15.7 Å². The van der Waals surface area contributed by atoms with Gasteiger partial charge in [0.1, 0.15) is 5.54 Å². The second-order valence-corrected chi connectivity index (χ2v) is 6.20. The molecule has 0 aliphatic heterocycles. The van der Waals surface area contributed by atoms with E-state index in [9.17, 15) is 5.26 Å². The summed E-state index contributed by atoms with van der Waals surface area (Å²) < 4.78 is 0.778. The van der Waals surface area contributed by atoms with Crippen LogP contribution in [0.1, 0.15) is 12.5 Å². The number of halogens is 3. The van der Waals surface area contributed by atoms with E-state index in [1.165, 1.54) is 0 Å². The molecule has 2 aromatic rings. The average Bonchev–Trinajstić information content (AvgIpc) is 2.43. The van der Waals surface area contributed by atoms with Gasteiger partial charge in [-0.1, -0.05) is 35.3 Å². The lowest BCUT2D eigenvalue weighted by molar-refractivity contribution is 0.706. The summed E-state index contributed by atoms with van der Waals surface area (Å²) >= 11 is 15.2. The molecule has 0 aliphatic rings. The van der Waals surface area contributed by atoms with E-state index in [4.69, 9.17) is 23.2 Å². The Morgan fingerprint density at radius 3 is 2.35 bits per heavy atom. The van der Waals surface area contributed by atoms with E-state index >= 15 is 0 Å². The summed E-state index contributed by atoms with van der Waals surface area (Å²) in [7, 11) is 0. The lowest BCUT2D eigenvalue weighted by Gasteiger charge is -2.25. The minimum atomic E-state index is -0.849. The number of hydrogen-bond donors (Lipinski definition) is 1. The maximum Gasteiger partial charge on any atom is 0.148 e. The summed E-state index contributed by atoms with van der Waals surface area (Å²) in [5.74, 6) is 0. The summed E-state index contributed by atoms with van der Waals surface area (Å²) in [5.41, 5.74) is 0.799. The van der Waals surface area contributed by atoms with E-state index in [2.05, 4.69) is 27.3 Å². The van der Waals surface area contributed by atoms with Gasteiger partial charge in [-0.2, -0.15) is 5.26 Å². The van der Waals surface area contributed by atoms with Crippen LogP contribution in [0, 0.1) is 11.3 Å². The molecule has 0 aliphatic carbocycles. The van der Waals surface area contributed by atoms with Crippen LogP contribution < -0.4 is 5.32 Å². The highest BCUT2D eigenvalue weighted by atomic mass is 79.9. The lowest BCUT2D eigenvalue weighted by atomic mass is 9.93. The topological polar surface area (TPSA) is 35.8 Å². The summed E-state index contributed by atoms with van der Waals surface area (Å²) in [6.07, 6.45) is 0. The zero-order valence-corrected chi connectivity index (χ0v) is 13.7. The highest BCUT2D eigenvalue weighted by Crippen LogP contribution is 2.30. The number of anilines is 1. The van der Waals surface area contributed by atoms with Crippen LogP contribution in [0.4, 0.5) is 5.69 Å². The third kappa shape index (κ3) is 3.27. The van der Waals surface area contributed by atoms with Gasteiger partial charge in [0.2, 0.25) is 0 Å². The summed E-state index contributed by atoms with van der Waals surface area (Å²) in [4.78, 5) is 0. The minimum Gasteiger partial charge on any atom is -0.364 e. The van der Waals surface area contributed by atoms with Crippen molar-refractivity contribution < 1.29 is 0 Å². The number of rotatable bonds is 3. The first-order valence-corrected chi connectivity index (χ1v) is 7.40. The van der Waals surface area contributed by atoms with E-state index in [1.54, 1.807) is 18.2 Å². The van der Waals surface area contributed by atoms with Crippen molar-refractivity contribution in [2.24, 2.45) is 0 Å². The molecule has 2 aromatic carbocycles. The summed E-state index contributed by atoms with van der Waals surface area (Å²) in [6.45, 7) is 1.82. The molecule has 20 heavy (non-hydrogen) atoms. The standard InChI is InChI=1S/C15H11BrCl2N2/c1-15(9-19,10-2-4-11(17)5-3-10)20-12-6-7-14(18)13(16)8-12/h2-8,20H,1H3. The van der Waals surface area contributed by atoms with Crippen molar-refractivity contribution >= 4 is 44.8 Å². The van der Waals surface area contributed by atoms with Gasteiger partial charge in [0, 0.05) is 15.2 Å². The Kier molecular flexibility index (Phi) is 4.59. The molecule has 1 atom stereocenters. The molecule has 0 heterocycles. The van der Waals surface area contributed by atoms with Crippen LogP contribution in [0.15, 0.2) is 46.9 Å². The number of nitrogens with one attached hydrogen (secondary N) is 1. The predicted molar refractivity (Wildman–Crippen MR) is 87.2 cm³/mol. The molecule has 0 aromatic heterocycles. The van der Waals surface area contributed by atoms with Crippen molar-refractivity contribution in [3.05, 3.63) is 62.5 Å². The van der Waals surface area contributed by atoms with E-state index in [0.29, 0.717) is 10.0 Å². The molecule has 0 fully saturated rings. The van der Waals surface area contributed by atoms with Gasteiger partial charge in [-0.3, -0.25) is 0 Å². The van der Waals surface area contributed by atoms with Crippen molar-refractivity contribution in [1.29, 1.82) is 5.26 Å². The van der Waals surface area contributed by atoms with Crippen LogP contribution >= 0.6 is 39.1 Å². The normalized spacial score (nSPS) is 13.3. The van der Waals surface area contributed by atoms with Crippen molar-refractivity contribution in [1.82, 2.24) is 0 Å². The number of hydrogen-bond acceptors (Lipinski definition) is 2. The Morgan fingerprint density at radius 1 is 1.15 bits per heavy atom. The summed E-state index contributed by atoms with van der Waals surface area (Å²) in [5, 5.41) is 14.0. The zero-order valence-electron chi connectivity index (χ0n) is 10.6. The third-order valence-corrected chi connectivity index (χ3v) is 4.43. The largest absolute Gasteiger partial charge is 0.364 e. The Balaban J connectivity index is 2.34. The van der Waals surface area contributed by atoms with E-state index in [-0.39, 0.29) is 0 Å². The van der Waals surface area contributed by atoms with Crippen molar-refractivity contribution in [3.63, 3.8) is 0 Å². The highest BCUT2D eigenvalue weighted by molar-refractivity contribution is 9.10. The Morgan fingerprint density at radius 2 is 1.80 bits per heavy atom.